The van der Waals surface area contributed by atoms with Gasteiger partial charge in [0.25, 0.3) is 11.1 Å². The first-order chi connectivity index (χ1) is 10.5. The summed E-state index contributed by atoms with van der Waals surface area (Å²) < 4.78 is 13.2. The lowest BCUT2D eigenvalue weighted by molar-refractivity contribution is -0.113. The largest absolute Gasteiger partial charge is 0.298 e. The third-order valence-electron chi connectivity index (χ3n) is 3.20. The molecule has 2 amide bonds. The van der Waals surface area contributed by atoms with Crippen LogP contribution < -0.4 is 4.90 Å². The Kier molecular flexibility index (Phi) is 3.81. The normalized spacial score (nSPS) is 16.6. The molecule has 0 aromatic heterocycles. The van der Waals surface area contributed by atoms with E-state index in [1.807, 2.05) is 13.0 Å². The van der Waals surface area contributed by atoms with E-state index in [2.05, 4.69) is 0 Å². The number of imide groups is 1. The van der Waals surface area contributed by atoms with E-state index in [0.717, 1.165) is 22.2 Å². The van der Waals surface area contributed by atoms with Crippen molar-refractivity contribution < 1.29 is 14.0 Å². The molecule has 2 aromatic carbocycles. The summed E-state index contributed by atoms with van der Waals surface area (Å²) >= 11 is 0.859. The van der Waals surface area contributed by atoms with Crippen LogP contribution in [-0.4, -0.2) is 11.1 Å². The van der Waals surface area contributed by atoms with E-state index >= 15 is 0 Å². The van der Waals surface area contributed by atoms with Crippen molar-refractivity contribution in [3.8, 4) is 0 Å². The van der Waals surface area contributed by atoms with Crippen LogP contribution in [0.25, 0.3) is 6.08 Å². The number of hydrogen-bond donors (Lipinski definition) is 0. The second-order valence-electron chi connectivity index (χ2n) is 4.91. The quantitative estimate of drug-likeness (QED) is 0.772. The van der Waals surface area contributed by atoms with E-state index in [1.54, 1.807) is 30.3 Å². The number of nitrogens with zero attached hydrogens (tertiary/aromatic N) is 1. The molecule has 0 spiro atoms. The fourth-order valence-corrected chi connectivity index (χ4v) is 3.05. The Labute approximate surface area is 131 Å². The molecule has 0 atom stereocenters. The molecule has 3 rings (SSSR count). The number of carbonyl (C=O) groups excluding carboxylic acids is 2. The minimum atomic E-state index is -0.384. The summed E-state index contributed by atoms with van der Waals surface area (Å²) in [4.78, 5) is 26.0. The van der Waals surface area contributed by atoms with E-state index in [4.69, 9.17) is 0 Å². The van der Waals surface area contributed by atoms with Gasteiger partial charge in [-0.25, -0.2) is 9.29 Å². The van der Waals surface area contributed by atoms with Gasteiger partial charge in [-0.2, -0.15) is 0 Å². The number of amides is 2. The molecule has 1 heterocycles. The Morgan fingerprint density at radius 2 is 1.86 bits per heavy atom. The Bertz CT molecular complexity index is 801. The highest BCUT2D eigenvalue weighted by Gasteiger charge is 2.36. The van der Waals surface area contributed by atoms with Gasteiger partial charge in [0.15, 0.2) is 0 Å². The second kappa shape index (κ2) is 5.77. The average molecular weight is 313 g/mol. The van der Waals surface area contributed by atoms with Gasteiger partial charge in [-0.15, -0.1) is 0 Å². The van der Waals surface area contributed by atoms with Crippen LogP contribution in [0.2, 0.25) is 0 Å². The van der Waals surface area contributed by atoms with E-state index in [0.29, 0.717) is 11.3 Å². The molecule has 3 nitrogen and oxygen atoms in total. The molecule has 0 aliphatic carbocycles. The monoisotopic (exact) mass is 313 g/mol. The molecular weight excluding hydrogens is 301 g/mol. The Balaban J connectivity index is 1.95. The predicted octanol–water partition coefficient (Wildman–Crippen LogP) is 4.38. The molecule has 0 bridgehead atoms. The number of aryl methyl sites for hydroxylation is 1. The van der Waals surface area contributed by atoms with Gasteiger partial charge in [0.1, 0.15) is 5.82 Å². The van der Waals surface area contributed by atoms with Crippen LogP contribution in [0.4, 0.5) is 14.9 Å². The van der Waals surface area contributed by atoms with Crippen LogP contribution in [0.5, 0.6) is 0 Å². The number of benzene rings is 2. The van der Waals surface area contributed by atoms with Crippen LogP contribution in [0.3, 0.4) is 0 Å². The van der Waals surface area contributed by atoms with Gasteiger partial charge < -0.3 is 0 Å². The molecule has 2 aromatic rings. The zero-order valence-electron chi connectivity index (χ0n) is 11.7. The van der Waals surface area contributed by atoms with Crippen molar-refractivity contribution in [1.82, 2.24) is 0 Å². The van der Waals surface area contributed by atoms with Crippen molar-refractivity contribution in [2.75, 3.05) is 4.90 Å². The lowest BCUT2D eigenvalue weighted by Gasteiger charge is -2.12. The Morgan fingerprint density at radius 1 is 1.09 bits per heavy atom. The standard InChI is InChI=1S/C17H12FNO2S/c1-11-4-2-7-14(8-11)19-16(20)15(22-17(19)21)10-12-5-3-6-13(18)9-12/h2-10H,1H3/b15-10-. The highest BCUT2D eigenvalue weighted by atomic mass is 32.2. The zero-order chi connectivity index (χ0) is 15.7. The minimum absolute atomic E-state index is 0.289. The average Bonchev–Trinajstić information content (AvgIpc) is 2.73. The first-order valence-electron chi connectivity index (χ1n) is 6.65. The summed E-state index contributed by atoms with van der Waals surface area (Å²) in [6.45, 7) is 1.89. The summed E-state index contributed by atoms with van der Waals surface area (Å²) in [5.41, 5.74) is 2.06. The van der Waals surface area contributed by atoms with Crippen LogP contribution in [-0.2, 0) is 4.79 Å². The van der Waals surface area contributed by atoms with Crippen LogP contribution in [0.1, 0.15) is 11.1 Å². The van der Waals surface area contributed by atoms with Crippen LogP contribution in [0, 0.1) is 12.7 Å². The minimum Gasteiger partial charge on any atom is -0.268 e. The maximum atomic E-state index is 13.2. The lowest BCUT2D eigenvalue weighted by Crippen LogP contribution is -2.27. The van der Waals surface area contributed by atoms with Crippen molar-refractivity contribution in [1.29, 1.82) is 0 Å². The van der Waals surface area contributed by atoms with Crippen LogP contribution in [0.15, 0.2) is 53.4 Å². The summed E-state index contributed by atoms with van der Waals surface area (Å²) in [6, 6.07) is 13.1. The Morgan fingerprint density at radius 3 is 2.59 bits per heavy atom. The van der Waals surface area contributed by atoms with Gasteiger partial charge in [-0.3, -0.25) is 9.59 Å². The highest BCUT2D eigenvalue weighted by molar-refractivity contribution is 8.19. The summed E-state index contributed by atoms with van der Waals surface area (Å²) in [5, 5.41) is -0.349. The zero-order valence-corrected chi connectivity index (χ0v) is 12.6. The van der Waals surface area contributed by atoms with Crippen molar-refractivity contribution in [2.24, 2.45) is 0 Å². The summed E-state index contributed by atoms with van der Waals surface area (Å²) in [5.74, 6) is -0.767. The van der Waals surface area contributed by atoms with Gasteiger partial charge in [-0.1, -0.05) is 24.3 Å². The predicted molar refractivity (Wildman–Crippen MR) is 86.0 cm³/mol. The maximum absolute atomic E-state index is 13.2. The topological polar surface area (TPSA) is 37.4 Å². The third-order valence-corrected chi connectivity index (χ3v) is 4.07. The molecule has 0 N–H and O–H groups in total. The van der Waals surface area contributed by atoms with Gasteiger partial charge in [0.2, 0.25) is 0 Å². The van der Waals surface area contributed by atoms with Gasteiger partial charge in [0, 0.05) is 0 Å². The lowest BCUT2D eigenvalue weighted by atomic mass is 10.2. The molecule has 110 valence electrons. The van der Waals surface area contributed by atoms with Crippen molar-refractivity contribution in [3.63, 3.8) is 0 Å². The molecule has 1 saturated heterocycles. The first kappa shape index (κ1) is 14.5. The number of rotatable bonds is 2. The van der Waals surface area contributed by atoms with E-state index in [-0.39, 0.29) is 21.9 Å². The third kappa shape index (κ3) is 2.80. The second-order valence-corrected chi connectivity index (χ2v) is 5.90. The fourth-order valence-electron chi connectivity index (χ4n) is 2.21. The first-order valence-corrected chi connectivity index (χ1v) is 7.46. The molecule has 1 aliphatic rings. The molecule has 1 fully saturated rings. The maximum Gasteiger partial charge on any atom is 0.298 e. The van der Waals surface area contributed by atoms with E-state index < -0.39 is 0 Å². The fraction of sp³-hybridized carbons (Fsp3) is 0.0588. The molecule has 0 radical (unpaired) electrons. The van der Waals surface area contributed by atoms with Gasteiger partial charge >= 0.3 is 0 Å². The van der Waals surface area contributed by atoms with Crippen molar-refractivity contribution in [3.05, 3.63) is 70.4 Å². The summed E-state index contributed by atoms with van der Waals surface area (Å²) in [6.07, 6.45) is 1.53. The van der Waals surface area contributed by atoms with E-state index in [1.165, 1.54) is 18.2 Å². The number of hydrogen-bond acceptors (Lipinski definition) is 3. The van der Waals surface area contributed by atoms with Crippen molar-refractivity contribution in [2.45, 2.75) is 6.92 Å². The van der Waals surface area contributed by atoms with Crippen molar-refractivity contribution >= 4 is 34.7 Å². The number of anilines is 1. The smallest absolute Gasteiger partial charge is 0.268 e. The summed E-state index contributed by atoms with van der Waals surface area (Å²) in [7, 11) is 0. The Hall–Kier alpha value is -2.40. The van der Waals surface area contributed by atoms with Gasteiger partial charge in [0.05, 0.1) is 10.6 Å². The van der Waals surface area contributed by atoms with Crippen LogP contribution >= 0.6 is 11.8 Å². The number of thioether (sulfide) groups is 1. The number of halogens is 1. The molecule has 1 aliphatic heterocycles. The molecule has 5 heteroatoms. The highest BCUT2D eigenvalue weighted by Crippen LogP contribution is 2.35. The molecule has 22 heavy (non-hydrogen) atoms. The SMILES string of the molecule is Cc1cccc(N2C(=O)S/C(=C\c3cccc(F)c3)C2=O)c1. The van der Waals surface area contributed by atoms with E-state index in [9.17, 15) is 14.0 Å². The number of carbonyl (C=O) groups is 2. The molecule has 0 saturated carbocycles. The molecular formula is C17H12FNO2S. The van der Waals surface area contributed by atoms with Gasteiger partial charge in [-0.05, 0) is 60.2 Å². The molecule has 0 unspecified atom stereocenters.